The van der Waals surface area contributed by atoms with Crippen LogP contribution < -0.4 is 10.6 Å². The molecular weight excluding hydrogens is 430 g/mol. The maximum Gasteiger partial charge on any atom is 0.242 e. The molecule has 2 unspecified atom stereocenters. The van der Waals surface area contributed by atoms with Gasteiger partial charge in [-0.1, -0.05) is 62.4 Å². The van der Waals surface area contributed by atoms with Crippen LogP contribution in [-0.2, 0) is 16.0 Å². The molecule has 1 saturated heterocycles. The fourth-order valence-corrected chi connectivity index (χ4v) is 5.41. The number of nitrogens with zero attached hydrogens (tertiary/aromatic N) is 1. The number of hydrogen-bond donors (Lipinski definition) is 2. The van der Waals surface area contributed by atoms with Crippen molar-refractivity contribution in [1.29, 1.82) is 0 Å². The van der Waals surface area contributed by atoms with Crippen molar-refractivity contribution in [3.63, 3.8) is 0 Å². The van der Waals surface area contributed by atoms with Crippen LogP contribution in [-0.4, -0.2) is 42.4 Å². The Hall–Kier alpha value is -2.70. The fraction of sp³-hybridized carbons (Fsp3) is 0.407. The molecule has 2 amide bonds. The lowest BCUT2D eigenvalue weighted by molar-refractivity contribution is -0.129. The van der Waals surface area contributed by atoms with Gasteiger partial charge >= 0.3 is 0 Å². The first-order chi connectivity index (χ1) is 16.0. The highest BCUT2D eigenvalue weighted by molar-refractivity contribution is 7.10. The molecule has 0 bridgehead atoms. The molecule has 1 fully saturated rings. The Morgan fingerprint density at radius 1 is 1.00 bits per heavy atom. The van der Waals surface area contributed by atoms with Gasteiger partial charge in [-0.05, 0) is 59.6 Å². The quantitative estimate of drug-likeness (QED) is 0.490. The summed E-state index contributed by atoms with van der Waals surface area (Å²) in [7, 11) is 0. The first-order valence-electron chi connectivity index (χ1n) is 11.8. The number of rotatable bonds is 9. The summed E-state index contributed by atoms with van der Waals surface area (Å²) in [6.07, 6.45) is 2.66. The summed E-state index contributed by atoms with van der Waals surface area (Å²) >= 11 is 1.73. The summed E-state index contributed by atoms with van der Waals surface area (Å²) in [5, 5.41) is 10.5. The van der Waals surface area contributed by atoms with Crippen molar-refractivity contribution in [2.24, 2.45) is 5.92 Å². The lowest BCUT2D eigenvalue weighted by Crippen LogP contribution is -2.51. The molecule has 2 heterocycles. The van der Waals surface area contributed by atoms with E-state index in [0.717, 1.165) is 29.4 Å². The van der Waals surface area contributed by atoms with Gasteiger partial charge in [0.15, 0.2) is 0 Å². The highest BCUT2D eigenvalue weighted by Gasteiger charge is 2.28. The van der Waals surface area contributed by atoms with E-state index < -0.39 is 6.04 Å². The maximum atomic E-state index is 13.1. The summed E-state index contributed by atoms with van der Waals surface area (Å²) < 4.78 is 0. The highest BCUT2D eigenvalue weighted by Crippen LogP contribution is 2.28. The summed E-state index contributed by atoms with van der Waals surface area (Å²) in [5.74, 6) is -0.247. The molecule has 0 spiro atoms. The minimum absolute atomic E-state index is 0.00229. The molecule has 33 heavy (non-hydrogen) atoms. The van der Waals surface area contributed by atoms with E-state index in [1.807, 2.05) is 50.2 Å². The number of carbonyl (C=O) groups is 2. The van der Waals surface area contributed by atoms with Gasteiger partial charge in [-0.2, -0.15) is 0 Å². The molecule has 1 aromatic heterocycles. The Morgan fingerprint density at radius 2 is 1.76 bits per heavy atom. The summed E-state index contributed by atoms with van der Waals surface area (Å²) in [6, 6.07) is 18.0. The van der Waals surface area contributed by atoms with Crippen LogP contribution in [0, 0.1) is 5.92 Å². The largest absolute Gasteiger partial charge is 0.352 e. The van der Waals surface area contributed by atoms with Crippen molar-refractivity contribution >= 4 is 33.9 Å². The van der Waals surface area contributed by atoms with Crippen LogP contribution in [0.25, 0.3) is 10.8 Å². The van der Waals surface area contributed by atoms with Crippen molar-refractivity contribution in [2.75, 3.05) is 19.6 Å². The molecule has 174 valence electrons. The van der Waals surface area contributed by atoms with Gasteiger partial charge in [0.25, 0.3) is 0 Å². The second-order valence-electron chi connectivity index (χ2n) is 9.17. The Balaban J connectivity index is 1.37. The van der Waals surface area contributed by atoms with Crippen LogP contribution >= 0.6 is 11.3 Å². The number of nitrogens with one attached hydrogen (secondary N) is 2. The van der Waals surface area contributed by atoms with Gasteiger partial charge < -0.3 is 10.6 Å². The number of likely N-dealkylation sites (tertiary alicyclic amines) is 1. The van der Waals surface area contributed by atoms with E-state index in [0.29, 0.717) is 6.54 Å². The molecule has 3 aromatic rings. The van der Waals surface area contributed by atoms with Crippen molar-refractivity contribution in [3.05, 3.63) is 70.4 Å². The van der Waals surface area contributed by atoms with Gasteiger partial charge in [-0.3, -0.25) is 14.5 Å². The van der Waals surface area contributed by atoms with E-state index in [-0.39, 0.29) is 30.2 Å². The van der Waals surface area contributed by atoms with Crippen molar-refractivity contribution in [1.82, 2.24) is 15.5 Å². The summed E-state index contributed by atoms with van der Waals surface area (Å²) in [4.78, 5) is 29.6. The van der Waals surface area contributed by atoms with E-state index in [9.17, 15) is 9.59 Å². The summed E-state index contributed by atoms with van der Waals surface area (Å²) in [5.41, 5.74) is 0.945. The first kappa shape index (κ1) is 23.5. The van der Waals surface area contributed by atoms with E-state index >= 15 is 0 Å². The molecule has 2 aromatic carbocycles. The van der Waals surface area contributed by atoms with Crippen LogP contribution in [0.3, 0.4) is 0 Å². The molecule has 6 heteroatoms. The molecule has 5 nitrogen and oxygen atoms in total. The van der Waals surface area contributed by atoms with Crippen LogP contribution in [0.4, 0.5) is 0 Å². The first-order valence-corrected chi connectivity index (χ1v) is 12.7. The molecule has 2 atom stereocenters. The molecule has 0 radical (unpaired) electrons. The normalized spacial score (nSPS) is 16.1. The smallest absolute Gasteiger partial charge is 0.242 e. The average Bonchev–Trinajstić information content (AvgIpc) is 3.52. The molecule has 2 N–H and O–H groups in total. The SMILES string of the molecule is CC(C)C(NC(=O)Cc1ccc2ccccc2c1)C(=O)NCC(c1cccs1)N1CCCC1. The summed E-state index contributed by atoms with van der Waals surface area (Å²) in [6.45, 7) is 6.63. The van der Waals surface area contributed by atoms with Gasteiger partial charge in [0.1, 0.15) is 6.04 Å². The second kappa shape index (κ2) is 10.9. The Morgan fingerprint density at radius 3 is 2.45 bits per heavy atom. The number of thiophene rings is 1. The Labute approximate surface area is 200 Å². The van der Waals surface area contributed by atoms with Crippen molar-refractivity contribution in [3.8, 4) is 0 Å². The third-order valence-corrected chi connectivity index (χ3v) is 7.34. The van der Waals surface area contributed by atoms with E-state index in [1.54, 1.807) is 11.3 Å². The number of carbonyl (C=O) groups excluding carboxylic acids is 2. The highest BCUT2D eigenvalue weighted by atomic mass is 32.1. The predicted molar refractivity (Wildman–Crippen MR) is 135 cm³/mol. The van der Waals surface area contributed by atoms with E-state index in [4.69, 9.17) is 0 Å². The van der Waals surface area contributed by atoms with E-state index in [1.165, 1.54) is 17.7 Å². The Kier molecular flexibility index (Phi) is 7.78. The second-order valence-corrected chi connectivity index (χ2v) is 10.1. The van der Waals surface area contributed by atoms with Gasteiger partial charge in [0.05, 0.1) is 12.5 Å². The molecular formula is C27H33N3O2S. The third-order valence-electron chi connectivity index (χ3n) is 6.37. The van der Waals surface area contributed by atoms with Crippen LogP contribution in [0.2, 0.25) is 0 Å². The zero-order chi connectivity index (χ0) is 23.2. The standard InChI is InChI=1S/C27H33N3O2S/c1-19(2)26(29-25(31)17-20-11-12-21-8-3-4-9-22(21)16-20)27(32)28-18-23(24-10-7-15-33-24)30-13-5-6-14-30/h3-4,7-12,15-16,19,23,26H,5-6,13-14,17-18H2,1-2H3,(H,28,32)(H,29,31). The maximum absolute atomic E-state index is 13.1. The topological polar surface area (TPSA) is 61.4 Å². The predicted octanol–water partition coefficient (Wildman–Crippen LogP) is 4.54. The zero-order valence-corrected chi connectivity index (χ0v) is 20.2. The molecule has 1 aliphatic rings. The fourth-order valence-electron chi connectivity index (χ4n) is 4.54. The van der Waals surface area contributed by atoms with E-state index in [2.05, 4.69) is 39.1 Å². The molecule has 1 aliphatic heterocycles. The lowest BCUT2D eigenvalue weighted by atomic mass is 10.0. The van der Waals surface area contributed by atoms with Crippen molar-refractivity contribution < 1.29 is 9.59 Å². The molecule has 4 rings (SSSR count). The zero-order valence-electron chi connectivity index (χ0n) is 19.4. The van der Waals surface area contributed by atoms with Crippen LogP contribution in [0.5, 0.6) is 0 Å². The minimum Gasteiger partial charge on any atom is -0.352 e. The van der Waals surface area contributed by atoms with Crippen LogP contribution in [0.15, 0.2) is 60.0 Å². The average molecular weight is 464 g/mol. The molecule has 0 saturated carbocycles. The molecule has 0 aliphatic carbocycles. The lowest BCUT2D eigenvalue weighted by Gasteiger charge is -2.28. The van der Waals surface area contributed by atoms with Gasteiger partial charge in [-0.15, -0.1) is 11.3 Å². The minimum atomic E-state index is -0.555. The number of benzene rings is 2. The Bertz CT molecular complexity index is 1070. The number of fused-ring (bicyclic) bond motifs is 1. The van der Waals surface area contributed by atoms with Gasteiger partial charge in [0.2, 0.25) is 11.8 Å². The monoisotopic (exact) mass is 463 g/mol. The van der Waals surface area contributed by atoms with Gasteiger partial charge in [0, 0.05) is 11.4 Å². The van der Waals surface area contributed by atoms with Crippen molar-refractivity contribution in [2.45, 2.75) is 45.2 Å². The number of hydrogen-bond acceptors (Lipinski definition) is 4. The third kappa shape index (κ3) is 6.01. The van der Waals surface area contributed by atoms with Crippen LogP contribution in [0.1, 0.15) is 43.2 Å². The number of amides is 2. The van der Waals surface area contributed by atoms with Gasteiger partial charge in [-0.25, -0.2) is 0 Å².